The topological polar surface area (TPSA) is 76.0 Å². The van der Waals surface area contributed by atoms with Gasteiger partial charge in [0.25, 0.3) is 0 Å². The van der Waals surface area contributed by atoms with E-state index >= 15 is 0 Å². The van der Waals surface area contributed by atoms with Crippen LogP contribution in [-0.2, 0) is 17.3 Å². The van der Waals surface area contributed by atoms with Crippen LogP contribution in [0, 0.1) is 5.92 Å². The molecule has 1 aliphatic carbocycles. The number of nitrogens with zero attached hydrogens (tertiary/aromatic N) is 3. The minimum Gasteiger partial charge on any atom is -0.306 e. The summed E-state index contributed by atoms with van der Waals surface area (Å²) in [6, 6.07) is 9.43. The van der Waals surface area contributed by atoms with Crippen molar-refractivity contribution in [1.82, 2.24) is 15.0 Å². The molecule has 0 saturated heterocycles. The molecule has 2 atom stereocenters. The fraction of sp³-hybridized carbons (Fsp3) is 0.250. The summed E-state index contributed by atoms with van der Waals surface area (Å²) in [6.45, 7) is 0. The van der Waals surface area contributed by atoms with E-state index in [0.29, 0.717) is 17.0 Å². The normalized spacial score (nSPS) is 16.4. The van der Waals surface area contributed by atoms with E-state index in [1.54, 1.807) is 30.5 Å². The predicted molar refractivity (Wildman–Crippen MR) is 102 cm³/mol. The van der Waals surface area contributed by atoms with Crippen LogP contribution in [0.3, 0.4) is 0 Å². The van der Waals surface area contributed by atoms with E-state index in [0.717, 1.165) is 36.2 Å². The second-order valence-corrected chi connectivity index (χ2v) is 7.94. The van der Waals surface area contributed by atoms with E-state index in [2.05, 4.69) is 15.0 Å². The summed E-state index contributed by atoms with van der Waals surface area (Å²) in [6.07, 6.45) is 1.54. The highest BCUT2D eigenvalue weighted by Crippen LogP contribution is 2.44. The second kappa shape index (κ2) is 7.64. The average molecular weight is 419 g/mol. The van der Waals surface area contributed by atoms with E-state index in [1.807, 2.05) is 0 Å². The van der Waals surface area contributed by atoms with Gasteiger partial charge >= 0.3 is 6.18 Å². The summed E-state index contributed by atoms with van der Waals surface area (Å²) in [5, 5.41) is -0.389. The minimum atomic E-state index is -4.50. The molecule has 5 nitrogen and oxygen atoms in total. The molecule has 2 aromatic heterocycles. The minimum absolute atomic E-state index is 0.238. The Balaban J connectivity index is 1.59. The zero-order chi connectivity index (χ0) is 20.6. The van der Waals surface area contributed by atoms with Crippen LogP contribution in [-0.4, -0.2) is 23.7 Å². The second-order valence-electron chi connectivity index (χ2n) is 6.88. The molecule has 1 aromatic carbocycles. The number of rotatable bonds is 5. The van der Waals surface area contributed by atoms with Gasteiger partial charge in [-0.15, -0.1) is 0 Å². The highest BCUT2D eigenvalue weighted by molar-refractivity contribution is 7.79. The molecular formula is C20H16F3N3O2S. The van der Waals surface area contributed by atoms with Crippen molar-refractivity contribution in [3.05, 3.63) is 66.2 Å². The fourth-order valence-electron chi connectivity index (χ4n) is 3.15. The highest BCUT2D eigenvalue weighted by Gasteiger charge is 2.36. The number of hydrogen-bond acceptors (Lipinski definition) is 4. The number of aromatic nitrogens is 3. The van der Waals surface area contributed by atoms with Crippen LogP contribution in [0.1, 0.15) is 29.3 Å². The third kappa shape index (κ3) is 4.35. The summed E-state index contributed by atoms with van der Waals surface area (Å²) >= 11 is -1.93. The molecule has 0 amide bonds. The Morgan fingerprint density at radius 1 is 0.966 bits per heavy atom. The Labute approximate surface area is 167 Å². The lowest BCUT2D eigenvalue weighted by molar-refractivity contribution is -0.141. The van der Waals surface area contributed by atoms with Crippen molar-refractivity contribution in [2.75, 3.05) is 0 Å². The van der Waals surface area contributed by atoms with Gasteiger partial charge in [-0.1, -0.05) is 24.3 Å². The van der Waals surface area contributed by atoms with Crippen LogP contribution in [0.2, 0.25) is 0 Å². The van der Waals surface area contributed by atoms with Gasteiger partial charge in [-0.05, 0) is 36.5 Å². The van der Waals surface area contributed by atoms with Gasteiger partial charge in [0.05, 0.1) is 29.0 Å². The Bertz CT molecular complexity index is 1040. The number of halogens is 3. The Morgan fingerprint density at radius 3 is 2.10 bits per heavy atom. The summed E-state index contributed by atoms with van der Waals surface area (Å²) < 4.78 is 59.2. The van der Waals surface area contributed by atoms with E-state index in [-0.39, 0.29) is 11.2 Å². The summed E-state index contributed by atoms with van der Waals surface area (Å²) in [7, 11) is 0. The standard InChI is InChI=1S/C20H16F3N3O2S/c21-20(22,23)18-8-7-15(9-25-18)17-11-24-10-16(26-17)12-1-3-13(4-2-12)19(29(27)28)14-5-6-14/h1-4,7-11,14,19H,5-6H2,(H,27,28). The Kier molecular flexibility index (Phi) is 5.18. The molecule has 1 fully saturated rings. The third-order valence-electron chi connectivity index (χ3n) is 4.79. The smallest absolute Gasteiger partial charge is 0.306 e. The van der Waals surface area contributed by atoms with Crippen LogP contribution < -0.4 is 0 Å². The largest absolute Gasteiger partial charge is 0.433 e. The number of pyridine rings is 1. The van der Waals surface area contributed by atoms with Gasteiger partial charge in [-0.25, -0.2) is 9.19 Å². The molecule has 29 heavy (non-hydrogen) atoms. The van der Waals surface area contributed by atoms with E-state index in [9.17, 15) is 21.9 Å². The molecule has 1 aliphatic rings. The molecule has 0 aliphatic heterocycles. The van der Waals surface area contributed by atoms with Crippen LogP contribution in [0.5, 0.6) is 0 Å². The van der Waals surface area contributed by atoms with Gasteiger partial charge in [0.15, 0.2) is 11.1 Å². The zero-order valence-corrected chi connectivity index (χ0v) is 15.8. The number of alkyl halides is 3. The van der Waals surface area contributed by atoms with Crippen molar-refractivity contribution in [1.29, 1.82) is 0 Å². The van der Waals surface area contributed by atoms with E-state index in [1.165, 1.54) is 12.3 Å². The van der Waals surface area contributed by atoms with Gasteiger partial charge < -0.3 is 4.55 Å². The van der Waals surface area contributed by atoms with Gasteiger partial charge in [0.2, 0.25) is 0 Å². The maximum atomic E-state index is 12.7. The van der Waals surface area contributed by atoms with Crippen molar-refractivity contribution in [3.63, 3.8) is 0 Å². The van der Waals surface area contributed by atoms with Crippen LogP contribution in [0.15, 0.2) is 55.0 Å². The maximum absolute atomic E-state index is 12.7. The van der Waals surface area contributed by atoms with Crippen molar-refractivity contribution in [2.45, 2.75) is 24.3 Å². The quantitative estimate of drug-likeness (QED) is 0.596. The molecule has 4 rings (SSSR count). The van der Waals surface area contributed by atoms with E-state index < -0.39 is 23.0 Å². The Morgan fingerprint density at radius 2 is 1.59 bits per heavy atom. The maximum Gasteiger partial charge on any atom is 0.433 e. The molecule has 0 radical (unpaired) electrons. The first kappa shape index (κ1) is 19.7. The monoisotopic (exact) mass is 419 g/mol. The van der Waals surface area contributed by atoms with E-state index in [4.69, 9.17) is 0 Å². The van der Waals surface area contributed by atoms with Crippen molar-refractivity contribution >= 4 is 11.1 Å². The lowest BCUT2D eigenvalue weighted by atomic mass is 10.0. The van der Waals surface area contributed by atoms with Gasteiger partial charge in [-0.2, -0.15) is 13.2 Å². The fourth-order valence-corrected chi connectivity index (χ4v) is 4.14. The zero-order valence-electron chi connectivity index (χ0n) is 15.0. The van der Waals surface area contributed by atoms with Crippen LogP contribution in [0.4, 0.5) is 13.2 Å². The molecule has 3 aromatic rings. The van der Waals surface area contributed by atoms with Gasteiger partial charge in [0.1, 0.15) is 5.69 Å². The van der Waals surface area contributed by atoms with Crippen molar-refractivity contribution in [3.8, 4) is 22.5 Å². The first-order chi connectivity index (χ1) is 13.8. The predicted octanol–water partition coefficient (Wildman–Crippen LogP) is 4.90. The Hall–Kier alpha value is -2.65. The molecular weight excluding hydrogens is 403 g/mol. The molecule has 1 saturated carbocycles. The molecule has 150 valence electrons. The lowest BCUT2D eigenvalue weighted by Crippen LogP contribution is -2.07. The molecule has 9 heteroatoms. The summed E-state index contributed by atoms with van der Waals surface area (Å²) in [5.41, 5.74) is 1.96. The van der Waals surface area contributed by atoms with Crippen molar-refractivity contribution < 1.29 is 21.9 Å². The lowest BCUT2D eigenvalue weighted by Gasteiger charge is -2.13. The number of benzene rings is 1. The average Bonchev–Trinajstić information content (AvgIpc) is 3.53. The first-order valence-electron chi connectivity index (χ1n) is 8.88. The molecule has 1 N–H and O–H groups in total. The van der Waals surface area contributed by atoms with Crippen LogP contribution >= 0.6 is 0 Å². The molecule has 2 heterocycles. The van der Waals surface area contributed by atoms with Crippen LogP contribution in [0.25, 0.3) is 22.5 Å². The van der Waals surface area contributed by atoms with Crippen molar-refractivity contribution in [2.24, 2.45) is 5.92 Å². The molecule has 0 bridgehead atoms. The number of hydrogen-bond donors (Lipinski definition) is 1. The molecule has 2 unspecified atom stereocenters. The first-order valence-corrected chi connectivity index (χ1v) is 10.1. The summed E-state index contributed by atoms with van der Waals surface area (Å²) in [4.78, 5) is 12.1. The van der Waals surface area contributed by atoms with Gasteiger partial charge in [-0.3, -0.25) is 9.97 Å². The third-order valence-corrected chi connectivity index (χ3v) is 5.88. The highest BCUT2D eigenvalue weighted by atomic mass is 32.2. The SMILES string of the molecule is O=S(O)C(c1ccc(-c2cncc(-c3ccc(C(F)(F)F)nc3)n2)cc1)C1CC1. The van der Waals surface area contributed by atoms with Gasteiger partial charge in [0, 0.05) is 17.3 Å². The summed E-state index contributed by atoms with van der Waals surface area (Å²) in [5.74, 6) is 0.238. The molecule has 0 spiro atoms.